The van der Waals surface area contributed by atoms with Gasteiger partial charge in [0.15, 0.2) is 11.3 Å². The minimum Gasteiger partial charge on any atom is -0.467 e. The zero-order valence-corrected chi connectivity index (χ0v) is 15.9. The van der Waals surface area contributed by atoms with Crippen LogP contribution < -0.4 is 11.1 Å². The highest BCUT2D eigenvalue weighted by Crippen LogP contribution is 2.29. The minimum absolute atomic E-state index is 0.0236. The van der Waals surface area contributed by atoms with E-state index >= 15 is 0 Å². The number of ether oxygens (including phenoxy) is 1. The van der Waals surface area contributed by atoms with Crippen LogP contribution in [0.2, 0.25) is 0 Å². The first kappa shape index (κ1) is 21.6. The maximum Gasteiger partial charge on any atom is 0.333 e. The van der Waals surface area contributed by atoms with Crippen LogP contribution in [-0.4, -0.2) is 36.9 Å². The summed E-state index contributed by atoms with van der Waals surface area (Å²) in [5.74, 6) is -1.83. The van der Waals surface area contributed by atoms with Crippen molar-refractivity contribution in [2.24, 2.45) is 17.6 Å². The Balaban J connectivity index is 2.88. The van der Waals surface area contributed by atoms with Crippen molar-refractivity contribution in [1.29, 1.82) is 0 Å². The van der Waals surface area contributed by atoms with Gasteiger partial charge in [0.2, 0.25) is 5.91 Å². The van der Waals surface area contributed by atoms with Crippen LogP contribution in [0.15, 0.2) is 0 Å². The number of carbonyl (C=O) groups excluding carboxylic acids is 3. The number of nitrogens with one attached hydrogen (secondary N) is 1. The third kappa shape index (κ3) is 5.80. The Hall–Kier alpha value is -1.43. The maximum atomic E-state index is 13.1. The first-order chi connectivity index (χ1) is 11.9. The van der Waals surface area contributed by atoms with E-state index in [4.69, 9.17) is 10.5 Å². The molecule has 1 fully saturated rings. The zero-order valence-electron chi connectivity index (χ0n) is 15.9. The summed E-state index contributed by atoms with van der Waals surface area (Å²) < 4.78 is 4.83. The van der Waals surface area contributed by atoms with Crippen LogP contribution in [0.3, 0.4) is 0 Å². The molecule has 1 amide bonds. The minimum atomic E-state index is -1.74. The monoisotopic (exact) mass is 354 g/mol. The molecule has 3 N–H and O–H groups in total. The Kier molecular flexibility index (Phi) is 9.11. The number of methoxy groups -OCH3 is 1. The van der Waals surface area contributed by atoms with Crippen LogP contribution >= 0.6 is 0 Å². The lowest BCUT2D eigenvalue weighted by atomic mass is 9.75. The summed E-state index contributed by atoms with van der Waals surface area (Å²) in [4.78, 5) is 37.5. The third-order valence-electron chi connectivity index (χ3n) is 5.23. The number of hydrogen-bond acceptors (Lipinski definition) is 5. The maximum absolute atomic E-state index is 13.1. The second-order valence-electron chi connectivity index (χ2n) is 7.12. The molecular formula is C19H34N2O4. The Morgan fingerprint density at radius 2 is 2.04 bits per heavy atom. The number of Topliss-reactive ketones (excluding diaryl/α,β-unsaturated/α-hetero) is 1. The molecule has 1 aliphatic rings. The standard InChI is InChI=1S/C19H34N2O4/c1-4-6-7-8-10-14(5-2)16(22)19(20,18(24)25-3)13-15-11-9-12-21-17(15)23/h14-15H,4-13,20H2,1-3H3,(H,21,23)/t14?,15-,19?/m0/s1. The van der Waals surface area contributed by atoms with Gasteiger partial charge in [0.05, 0.1) is 7.11 Å². The Bertz CT molecular complexity index is 466. The molecular weight excluding hydrogens is 320 g/mol. The number of amides is 1. The van der Waals surface area contributed by atoms with Crippen molar-refractivity contribution < 1.29 is 19.1 Å². The molecule has 0 aromatic rings. The molecule has 1 aliphatic heterocycles. The second-order valence-corrected chi connectivity index (χ2v) is 7.12. The average Bonchev–Trinajstić information content (AvgIpc) is 2.62. The van der Waals surface area contributed by atoms with Gasteiger partial charge in [0, 0.05) is 18.4 Å². The molecule has 6 heteroatoms. The summed E-state index contributed by atoms with van der Waals surface area (Å²) in [6.07, 6.45) is 7.14. The van der Waals surface area contributed by atoms with Crippen molar-refractivity contribution >= 4 is 17.7 Å². The lowest BCUT2D eigenvalue weighted by Crippen LogP contribution is -2.60. The summed E-state index contributed by atoms with van der Waals surface area (Å²) in [7, 11) is 1.24. The Morgan fingerprint density at radius 1 is 1.32 bits per heavy atom. The first-order valence-electron chi connectivity index (χ1n) is 9.60. The molecule has 0 bridgehead atoms. The first-order valence-corrected chi connectivity index (χ1v) is 9.60. The second kappa shape index (κ2) is 10.5. The fourth-order valence-corrected chi connectivity index (χ4v) is 3.59. The number of ketones is 1. The third-order valence-corrected chi connectivity index (χ3v) is 5.23. The predicted octanol–water partition coefficient (Wildman–Crippen LogP) is 2.34. The van der Waals surface area contributed by atoms with Gasteiger partial charge in [0.1, 0.15) is 0 Å². The summed E-state index contributed by atoms with van der Waals surface area (Å²) in [6.45, 7) is 4.71. The highest BCUT2D eigenvalue weighted by molar-refractivity contribution is 6.09. The van der Waals surface area contributed by atoms with E-state index in [1.165, 1.54) is 7.11 Å². The van der Waals surface area contributed by atoms with Crippen LogP contribution in [-0.2, 0) is 19.1 Å². The van der Waals surface area contributed by atoms with Crippen LogP contribution in [0.1, 0.15) is 71.6 Å². The summed E-state index contributed by atoms with van der Waals surface area (Å²) in [5, 5.41) is 2.78. The van der Waals surface area contributed by atoms with Crippen molar-refractivity contribution in [3.63, 3.8) is 0 Å². The molecule has 1 saturated heterocycles. The molecule has 0 aromatic carbocycles. The lowest BCUT2D eigenvalue weighted by Gasteiger charge is -2.33. The highest BCUT2D eigenvalue weighted by Gasteiger charge is 2.48. The van der Waals surface area contributed by atoms with Crippen LogP contribution in [0.5, 0.6) is 0 Å². The van der Waals surface area contributed by atoms with E-state index in [2.05, 4.69) is 12.2 Å². The SMILES string of the molecule is CCCCCCC(CC)C(=O)C(N)(C[C@@H]1CCCNC1=O)C(=O)OC. The van der Waals surface area contributed by atoms with E-state index in [1.807, 2.05) is 6.92 Å². The largest absolute Gasteiger partial charge is 0.467 e. The number of unbranched alkanes of at least 4 members (excludes halogenated alkanes) is 3. The zero-order chi connectivity index (χ0) is 18.9. The van der Waals surface area contributed by atoms with Crippen LogP contribution in [0, 0.1) is 11.8 Å². The topological polar surface area (TPSA) is 98.5 Å². The number of nitrogens with two attached hydrogens (primary N) is 1. The predicted molar refractivity (Wildman–Crippen MR) is 96.8 cm³/mol. The summed E-state index contributed by atoms with van der Waals surface area (Å²) in [6, 6.07) is 0. The van der Waals surface area contributed by atoms with Crippen LogP contribution in [0.4, 0.5) is 0 Å². The number of rotatable bonds is 11. The normalized spacial score (nSPS) is 21.1. The number of piperidine rings is 1. The number of carbonyl (C=O) groups is 3. The molecule has 6 nitrogen and oxygen atoms in total. The summed E-state index contributed by atoms with van der Waals surface area (Å²) in [5.41, 5.74) is 4.55. The Labute approximate surface area is 151 Å². The summed E-state index contributed by atoms with van der Waals surface area (Å²) >= 11 is 0. The van der Waals surface area contributed by atoms with Gasteiger partial charge >= 0.3 is 5.97 Å². The molecule has 0 aliphatic carbocycles. The lowest BCUT2D eigenvalue weighted by molar-refractivity contribution is -0.154. The molecule has 144 valence electrons. The van der Waals surface area contributed by atoms with Gasteiger partial charge < -0.3 is 15.8 Å². The van der Waals surface area contributed by atoms with Crippen molar-refractivity contribution in [3.8, 4) is 0 Å². The van der Waals surface area contributed by atoms with E-state index in [-0.39, 0.29) is 24.0 Å². The van der Waals surface area contributed by atoms with Crippen molar-refractivity contribution in [1.82, 2.24) is 5.32 Å². The average molecular weight is 354 g/mol. The molecule has 0 radical (unpaired) electrons. The van der Waals surface area contributed by atoms with E-state index < -0.39 is 17.4 Å². The molecule has 2 unspecified atom stereocenters. The van der Waals surface area contributed by atoms with Crippen LogP contribution in [0.25, 0.3) is 0 Å². The van der Waals surface area contributed by atoms with Gasteiger partial charge in [0.25, 0.3) is 0 Å². The molecule has 1 heterocycles. The van der Waals surface area contributed by atoms with Gasteiger partial charge in [-0.05, 0) is 32.1 Å². The van der Waals surface area contributed by atoms with Crippen molar-refractivity contribution in [2.75, 3.05) is 13.7 Å². The van der Waals surface area contributed by atoms with E-state index in [9.17, 15) is 14.4 Å². The number of esters is 1. The molecule has 1 rings (SSSR count). The van der Waals surface area contributed by atoms with E-state index in [1.54, 1.807) is 0 Å². The van der Waals surface area contributed by atoms with Crippen molar-refractivity contribution in [3.05, 3.63) is 0 Å². The van der Waals surface area contributed by atoms with Gasteiger partial charge in [-0.15, -0.1) is 0 Å². The van der Waals surface area contributed by atoms with E-state index in [0.29, 0.717) is 19.4 Å². The van der Waals surface area contributed by atoms with Gasteiger partial charge in [-0.3, -0.25) is 9.59 Å². The van der Waals surface area contributed by atoms with Gasteiger partial charge in [-0.1, -0.05) is 39.5 Å². The quantitative estimate of drug-likeness (QED) is 0.337. The molecule has 0 saturated carbocycles. The fraction of sp³-hybridized carbons (Fsp3) is 0.842. The highest BCUT2D eigenvalue weighted by atomic mass is 16.5. The smallest absolute Gasteiger partial charge is 0.333 e. The molecule has 3 atom stereocenters. The molecule has 0 aromatic heterocycles. The molecule has 0 spiro atoms. The Morgan fingerprint density at radius 3 is 2.60 bits per heavy atom. The van der Waals surface area contributed by atoms with E-state index in [0.717, 1.165) is 38.5 Å². The van der Waals surface area contributed by atoms with Gasteiger partial charge in [-0.25, -0.2) is 4.79 Å². The number of hydrogen-bond donors (Lipinski definition) is 2. The van der Waals surface area contributed by atoms with Gasteiger partial charge in [-0.2, -0.15) is 0 Å². The fourth-order valence-electron chi connectivity index (χ4n) is 3.59. The van der Waals surface area contributed by atoms with Crippen molar-refractivity contribution in [2.45, 2.75) is 77.2 Å². The molecule has 25 heavy (non-hydrogen) atoms.